The van der Waals surface area contributed by atoms with Crippen LogP contribution in [0.25, 0.3) is 0 Å². The summed E-state index contributed by atoms with van der Waals surface area (Å²) < 4.78 is 14.1. The van der Waals surface area contributed by atoms with Crippen molar-refractivity contribution in [2.24, 2.45) is 4.99 Å². The van der Waals surface area contributed by atoms with Crippen molar-refractivity contribution < 1.29 is 4.39 Å². The zero-order chi connectivity index (χ0) is 23.3. The van der Waals surface area contributed by atoms with Crippen molar-refractivity contribution in [3.05, 3.63) is 137 Å². The summed E-state index contributed by atoms with van der Waals surface area (Å²) in [6.45, 7) is 0. The molecule has 0 amide bonds. The molecule has 0 atom stereocenters. The van der Waals surface area contributed by atoms with Gasteiger partial charge in [-0.15, -0.1) is 0 Å². The summed E-state index contributed by atoms with van der Waals surface area (Å²) in [6.07, 6.45) is 0. The summed E-state index contributed by atoms with van der Waals surface area (Å²) in [5, 5.41) is 1.01. The average Bonchev–Trinajstić information content (AvgIpc) is 2.89. The molecule has 0 aliphatic heterocycles. The third kappa shape index (κ3) is 4.14. The molecule has 0 bridgehead atoms. The Kier molecular flexibility index (Phi) is 7.02. The Labute approximate surface area is 207 Å². The minimum atomic E-state index is -4.05. The summed E-state index contributed by atoms with van der Waals surface area (Å²) in [5.74, 6) is -4.05. The first-order valence-electron chi connectivity index (χ1n) is 10.2. The molecule has 6 heteroatoms. The van der Waals surface area contributed by atoms with Gasteiger partial charge < -0.3 is 0 Å². The van der Waals surface area contributed by atoms with Crippen LogP contribution in [0.3, 0.4) is 0 Å². The first kappa shape index (κ1) is 23.7. The van der Waals surface area contributed by atoms with Crippen LogP contribution >= 0.6 is 40.4 Å². The van der Waals surface area contributed by atoms with Gasteiger partial charge in [0.05, 0.1) is 0 Å². The number of benzene rings is 4. The van der Waals surface area contributed by atoms with E-state index < -0.39 is 16.4 Å². The van der Waals surface area contributed by atoms with E-state index >= 15 is 0 Å². The maximum absolute atomic E-state index is 14.1. The standard InChI is InChI=1S/C27H20Cl3FNP/c28-25(31)26(29)32-27(21-13-5-1-6-14-21)33(30,22-15-7-2-8-16-22,23-17-9-3-10-18-23)24-19-11-4-12-20-24/h1-20H/b26-25-,32-27+. The van der Waals surface area contributed by atoms with Crippen LogP contribution in [0.1, 0.15) is 5.56 Å². The zero-order valence-corrected chi connectivity index (χ0v) is 20.6. The second kappa shape index (κ2) is 9.79. The number of aliphatic imine (C=N–C) groups is 1. The van der Waals surface area contributed by atoms with E-state index in [1.807, 2.05) is 121 Å². The van der Waals surface area contributed by atoms with Gasteiger partial charge in [-0.1, -0.05) is 0 Å². The summed E-state index contributed by atoms with van der Waals surface area (Å²) in [4.78, 5) is 4.60. The van der Waals surface area contributed by atoms with Crippen LogP contribution < -0.4 is 15.9 Å². The minimum absolute atomic E-state index is 0.451. The zero-order valence-electron chi connectivity index (χ0n) is 17.5. The molecular formula is C27H20Cl3FNP. The van der Waals surface area contributed by atoms with E-state index in [4.69, 9.17) is 34.4 Å². The normalized spacial score (nSPS) is 14.2. The number of rotatable bonds is 6. The van der Waals surface area contributed by atoms with Gasteiger partial charge in [0.25, 0.3) is 0 Å². The molecule has 0 aromatic heterocycles. The van der Waals surface area contributed by atoms with Crippen LogP contribution in [0.2, 0.25) is 0 Å². The Morgan fingerprint density at radius 1 is 0.576 bits per heavy atom. The summed E-state index contributed by atoms with van der Waals surface area (Å²) in [6, 6.07) is 38.8. The molecule has 4 aromatic carbocycles. The Bertz CT molecular complexity index is 1190. The van der Waals surface area contributed by atoms with Gasteiger partial charge >= 0.3 is 208 Å². The van der Waals surface area contributed by atoms with E-state index in [2.05, 4.69) is 4.99 Å². The molecule has 33 heavy (non-hydrogen) atoms. The topological polar surface area (TPSA) is 12.4 Å². The molecule has 4 rings (SSSR count). The van der Waals surface area contributed by atoms with Crippen molar-refractivity contribution in [1.82, 2.24) is 0 Å². The fraction of sp³-hybridized carbons (Fsp3) is 0. The molecule has 0 aliphatic carbocycles. The molecule has 0 spiro atoms. The Balaban J connectivity index is 2.29. The maximum atomic E-state index is 14.1. The van der Waals surface area contributed by atoms with Gasteiger partial charge in [-0.25, -0.2) is 0 Å². The molecule has 0 fully saturated rings. The molecule has 166 valence electrons. The third-order valence-electron chi connectivity index (χ3n) is 5.51. The van der Waals surface area contributed by atoms with Crippen LogP contribution in [0.5, 0.6) is 0 Å². The monoisotopic (exact) mass is 513 g/mol. The van der Waals surface area contributed by atoms with Gasteiger partial charge in [0.1, 0.15) is 0 Å². The Morgan fingerprint density at radius 3 is 1.24 bits per heavy atom. The molecular weight excluding hydrogens is 495 g/mol. The molecule has 0 heterocycles. The molecule has 0 unspecified atom stereocenters. The fourth-order valence-corrected chi connectivity index (χ4v) is 10.4. The van der Waals surface area contributed by atoms with Crippen molar-refractivity contribution in [1.29, 1.82) is 0 Å². The van der Waals surface area contributed by atoms with E-state index in [0.29, 0.717) is 5.45 Å². The van der Waals surface area contributed by atoms with Crippen molar-refractivity contribution in [2.45, 2.75) is 0 Å². The number of nitrogens with zero attached hydrogens (tertiary/aromatic N) is 1. The van der Waals surface area contributed by atoms with E-state index in [0.717, 1.165) is 21.5 Å². The summed E-state index contributed by atoms with van der Waals surface area (Å²) in [7, 11) is 0. The predicted molar refractivity (Wildman–Crippen MR) is 144 cm³/mol. The molecule has 0 N–H and O–H groups in total. The van der Waals surface area contributed by atoms with E-state index in [1.165, 1.54) is 0 Å². The molecule has 0 saturated carbocycles. The van der Waals surface area contributed by atoms with Gasteiger partial charge in [0.2, 0.25) is 0 Å². The van der Waals surface area contributed by atoms with E-state index in [-0.39, 0.29) is 0 Å². The van der Waals surface area contributed by atoms with Crippen LogP contribution in [0, 0.1) is 0 Å². The van der Waals surface area contributed by atoms with Crippen molar-refractivity contribution in [2.75, 3.05) is 0 Å². The van der Waals surface area contributed by atoms with Gasteiger partial charge in [-0.05, 0) is 0 Å². The van der Waals surface area contributed by atoms with Gasteiger partial charge in [0, 0.05) is 0 Å². The molecule has 0 aliphatic rings. The van der Waals surface area contributed by atoms with Crippen molar-refractivity contribution in [3.8, 4) is 0 Å². The molecule has 4 aromatic rings. The Hall–Kier alpha value is -2.48. The quantitative estimate of drug-likeness (QED) is 0.142. The van der Waals surface area contributed by atoms with Crippen LogP contribution in [0.15, 0.2) is 137 Å². The molecule has 1 nitrogen and oxygen atoms in total. The molecule has 0 radical (unpaired) electrons. The summed E-state index contributed by atoms with van der Waals surface area (Å²) in [5.41, 5.74) is 1.17. The number of halogens is 4. The van der Waals surface area contributed by atoms with Gasteiger partial charge in [-0.3, -0.25) is 0 Å². The molecule has 0 saturated heterocycles. The van der Waals surface area contributed by atoms with Crippen molar-refractivity contribution in [3.63, 3.8) is 0 Å². The van der Waals surface area contributed by atoms with E-state index in [9.17, 15) is 4.39 Å². The Morgan fingerprint density at radius 2 is 0.909 bits per heavy atom. The fourth-order valence-electron chi connectivity index (χ4n) is 4.06. The number of hydrogen-bond donors (Lipinski definition) is 0. The third-order valence-corrected chi connectivity index (χ3v) is 13.2. The summed E-state index contributed by atoms with van der Waals surface area (Å²) >= 11 is 20.1. The van der Waals surface area contributed by atoms with E-state index in [1.54, 1.807) is 0 Å². The average molecular weight is 515 g/mol. The van der Waals surface area contributed by atoms with Gasteiger partial charge in [-0.2, -0.15) is 0 Å². The second-order valence-electron chi connectivity index (χ2n) is 7.37. The first-order valence-corrected chi connectivity index (χ1v) is 14.1. The second-order valence-corrected chi connectivity index (χ2v) is 14.1. The van der Waals surface area contributed by atoms with Crippen LogP contribution in [0.4, 0.5) is 4.39 Å². The van der Waals surface area contributed by atoms with Gasteiger partial charge in [0.15, 0.2) is 0 Å². The SMILES string of the molecule is F/C(Cl)=C(Cl)\N=C(/c1ccccc1)P(Cl)(c1ccccc1)(c1ccccc1)c1ccccc1. The van der Waals surface area contributed by atoms with Crippen LogP contribution in [-0.4, -0.2) is 5.45 Å². The van der Waals surface area contributed by atoms with Crippen molar-refractivity contribution >= 4 is 61.8 Å². The first-order chi connectivity index (χ1) is 16.0. The predicted octanol–water partition coefficient (Wildman–Crippen LogP) is 7.69. The number of hydrogen-bond acceptors (Lipinski definition) is 1. The van der Waals surface area contributed by atoms with Crippen LogP contribution in [-0.2, 0) is 0 Å².